The molecule has 0 aliphatic carbocycles. The van der Waals surface area contributed by atoms with Crippen molar-refractivity contribution in [3.05, 3.63) is 46.2 Å². The molecule has 132 valence electrons. The number of hydrogen-bond donors (Lipinski definition) is 0. The second-order valence-corrected chi connectivity index (χ2v) is 7.73. The summed E-state index contributed by atoms with van der Waals surface area (Å²) >= 11 is 1.74. The van der Waals surface area contributed by atoms with E-state index in [0.717, 1.165) is 56.3 Å². The van der Waals surface area contributed by atoms with Crippen LogP contribution in [0.3, 0.4) is 0 Å². The molecule has 3 heterocycles. The number of rotatable bonds is 5. The van der Waals surface area contributed by atoms with E-state index in [2.05, 4.69) is 62.8 Å². The van der Waals surface area contributed by atoms with Crippen molar-refractivity contribution in [2.75, 3.05) is 26.2 Å². The second-order valence-electron chi connectivity index (χ2n) is 6.67. The third-order valence-corrected chi connectivity index (χ3v) is 5.75. The first-order chi connectivity index (χ1) is 12.2. The van der Waals surface area contributed by atoms with Gasteiger partial charge in [0.15, 0.2) is 0 Å². The van der Waals surface area contributed by atoms with Gasteiger partial charge in [-0.25, -0.2) is 9.97 Å². The maximum atomic E-state index is 4.87. The number of para-hydroxylation sites is 2. The van der Waals surface area contributed by atoms with Crippen molar-refractivity contribution in [3.63, 3.8) is 0 Å². The number of hydrogen-bond acceptors (Lipinski definition) is 5. The molecule has 1 saturated heterocycles. The van der Waals surface area contributed by atoms with Crippen LogP contribution in [0.5, 0.6) is 0 Å². The zero-order valence-electron chi connectivity index (χ0n) is 15.0. The molecule has 6 heteroatoms. The normalized spacial score (nSPS) is 16.7. The molecule has 1 fully saturated rings. The quantitative estimate of drug-likeness (QED) is 0.705. The molecular formula is C19H25N5S. The van der Waals surface area contributed by atoms with Crippen LogP contribution >= 0.6 is 11.3 Å². The highest BCUT2D eigenvalue weighted by molar-refractivity contribution is 7.09. The summed E-state index contributed by atoms with van der Waals surface area (Å²) in [6, 6.07) is 8.44. The number of imidazole rings is 1. The first-order valence-electron chi connectivity index (χ1n) is 9.03. The maximum absolute atomic E-state index is 4.87. The van der Waals surface area contributed by atoms with E-state index in [1.807, 2.05) is 0 Å². The highest BCUT2D eigenvalue weighted by atomic mass is 32.1. The Balaban J connectivity index is 1.38. The van der Waals surface area contributed by atoms with Gasteiger partial charge in [0.1, 0.15) is 5.82 Å². The minimum absolute atomic E-state index is 0.937. The predicted octanol–water partition coefficient (Wildman–Crippen LogP) is 3.14. The van der Waals surface area contributed by atoms with Gasteiger partial charge >= 0.3 is 0 Å². The summed E-state index contributed by atoms with van der Waals surface area (Å²) in [4.78, 5) is 14.5. The number of nitrogens with zero attached hydrogens (tertiary/aromatic N) is 5. The molecule has 0 spiro atoms. The van der Waals surface area contributed by atoms with Gasteiger partial charge in [-0.1, -0.05) is 12.1 Å². The minimum Gasteiger partial charge on any atom is -0.327 e. The lowest BCUT2D eigenvalue weighted by Gasteiger charge is -2.34. The standard InChI is InChI=1S/C19H25N5S/c1-3-24-18-7-5-4-6-17(18)21-19(24)13-23-10-8-22(9-11-23)12-16-14-25-15(2)20-16/h4-7,14H,3,8-13H2,1-2H3. The van der Waals surface area contributed by atoms with E-state index < -0.39 is 0 Å². The number of fused-ring (bicyclic) bond motifs is 1. The lowest BCUT2D eigenvalue weighted by atomic mass is 10.3. The van der Waals surface area contributed by atoms with Crippen LogP contribution in [0.15, 0.2) is 29.6 Å². The van der Waals surface area contributed by atoms with E-state index in [9.17, 15) is 0 Å². The first-order valence-corrected chi connectivity index (χ1v) is 9.90. The molecular weight excluding hydrogens is 330 g/mol. The highest BCUT2D eigenvalue weighted by Crippen LogP contribution is 2.18. The van der Waals surface area contributed by atoms with Crippen LogP contribution in [0.25, 0.3) is 11.0 Å². The molecule has 4 rings (SSSR count). The van der Waals surface area contributed by atoms with Crippen LogP contribution in [0.2, 0.25) is 0 Å². The Morgan fingerprint density at radius 3 is 2.40 bits per heavy atom. The van der Waals surface area contributed by atoms with Crippen LogP contribution in [0, 0.1) is 6.92 Å². The van der Waals surface area contributed by atoms with E-state index in [1.54, 1.807) is 11.3 Å². The predicted molar refractivity (Wildman–Crippen MR) is 103 cm³/mol. The molecule has 0 radical (unpaired) electrons. The molecule has 3 aromatic rings. The van der Waals surface area contributed by atoms with E-state index in [4.69, 9.17) is 4.98 Å². The molecule has 0 atom stereocenters. The van der Waals surface area contributed by atoms with Gasteiger partial charge in [0, 0.05) is 44.6 Å². The summed E-state index contributed by atoms with van der Waals surface area (Å²) < 4.78 is 2.35. The topological polar surface area (TPSA) is 37.2 Å². The summed E-state index contributed by atoms with van der Waals surface area (Å²) in [5.74, 6) is 1.19. The summed E-state index contributed by atoms with van der Waals surface area (Å²) in [7, 11) is 0. The van der Waals surface area contributed by atoms with Crippen molar-refractivity contribution < 1.29 is 0 Å². The first kappa shape index (κ1) is 16.7. The van der Waals surface area contributed by atoms with Crippen LogP contribution in [-0.2, 0) is 19.6 Å². The van der Waals surface area contributed by atoms with Crippen LogP contribution < -0.4 is 0 Å². The molecule has 1 aromatic carbocycles. The number of aromatic nitrogens is 3. The summed E-state index contributed by atoms with van der Waals surface area (Å²) in [6.45, 7) is 11.5. The fourth-order valence-electron chi connectivity index (χ4n) is 3.61. The Labute approximate surface area is 152 Å². The Kier molecular flexibility index (Phi) is 4.83. The fourth-order valence-corrected chi connectivity index (χ4v) is 4.22. The number of piperazine rings is 1. The van der Waals surface area contributed by atoms with Gasteiger partial charge in [0.2, 0.25) is 0 Å². The lowest BCUT2D eigenvalue weighted by Crippen LogP contribution is -2.45. The zero-order chi connectivity index (χ0) is 17.2. The molecule has 25 heavy (non-hydrogen) atoms. The Bertz CT molecular complexity index is 844. The van der Waals surface area contributed by atoms with Gasteiger partial charge in [-0.15, -0.1) is 11.3 Å². The van der Waals surface area contributed by atoms with Gasteiger partial charge < -0.3 is 4.57 Å². The minimum atomic E-state index is 0.937. The van der Waals surface area contributed by atoms with Crippen LogP contribution in [0.4, 0.5) is 0 Å². The summed E-state index contributed by atoms with van der Waals surface area (Å²) in [6.07, 6.45) is 0. The largest absolute Gasteiger partial charge is 0.327 e. The molecule has 5 nitrogen and oxygen atoms in total. The number of thiazole rings is 1. The highest BCUT2D eigenvalue weighted by Gasteiger charge is 2.20. The van der Waals surface area contributed by atoms with E-state index in [1.165, 1.54) is 17.0 Å². The monoisotopic (exact) mass is 355 g/mol. The molecule has 0 saturated carbocycles. The fraction of sp³-hybridized carbons (Fsp3) is 0.474. The van der Waals surface area contributed by atoms with Crippen molar-refractivity contribution >= 4 is 22.4 Å². The molecule has 0 amide bonds. The van der Waals surface area contributed by atoms with E-state index >= 15 is 0 Å². The van der Waals surface area contributed by atoms with E-state index in [-0.39, 0.29) is 0 Å². The zero-order valence-corrected chi connectivity index (χ0v) is 15.8. The molecule has 2 aromatic heterocycles. The molecule has 0 bridgehead atoms. The van der Waals surface area contributed by atoms with E-state index in [0.29, 0.717) is 0 Å². The Morgan fingerprint density at radius 2 is 1.72 bits per heavy atom. The number of aryl methyl sites for hydroxylation is 2. The van der Waals surface area contributed by atoms with Crippen molar-refractivity contribution in [1.29, 1.82) is 0 Å². The van der Waals surface area contributed by atoms with Gasteiger partial charge in [-0.2, -0.15) is 0 Å². The third kappa shape index (κ3) is 3.61. The Morgan fingerprint density at radius 1 is 1.00 bits per heavy atom. The average Bonchev–Trinajstić information content (AvgIpc) is 3.19. The van der Waals surface area contributed by atoms with Crippen LogP contribution in [-0.4, -0.2) is 50.5 Å². The molecule has 1 aliphatic heterocycles. The third-order valence-electron chi connectivity index (χ3n) is 4.93. The molecule has 0 N–H and O–H groups in total. The van der Waals surface area contributed by atoms with Crippen molar-refractivity contribution in [3.8, 4) is 0 Å². The Hall–Kier alpha value is -1.76. The molecule has 0 unspecified atom stereocenters. The lowest BCUT2D eigenvalue weighted by molar-refractivity contribution is 0.118. The average molecular weight is 356 g/mol. The van der Waals surface area contributed by atoms with Crippen molar-refractivity contribution in [1.82, 2.24) is 24.3 Å². The van der Waals surface area contributed by atoms with Crippen molar-refractivity contribution in [2.24, 2.45) is 0 Å². The second kappa shape index (κ2) is 7.23. The van der Waals surface area contributed by atoms with Gasteiger partial charge in [-0.05, 0) is 26.0 Å². The van der Waals surface area contributed by atoms with Gasteiger partial charge in [0.05, 0.1) is 28.3 Å². The SMILES string of the molecule is CCn1c(CN2CCN(Cc3csc(C)n3)CC2)nc2ccccc21. The van der Waals surface area contributed by atoms with Crippen molar-refractivity contribution in [2.45, 2.75) is 33.5 Å². The number of benzene rings is 1. The van der Waals surface area contributed by atoms with Gasteiger partial charge in [0.25, 0.3) is 0 Å². The summed E-state index contributed by atoms with van der Waals surface area (Å²) in [5.41, 5.74) is 3.57. The smallest absolute Gasteiger partial charge is 0.124 e. The van der Waals surface area contributed by atoms with Crippen LogP contribution in [0.1, 0.15) is 23.4 Å². The molecule has 1 aliphatic rings. The summed E-state index contributed by atoms with van der Waals surface area (Å²) in [5, 5.41) is 3.35. The van der Waals surface area contributed by atoms with Gasteiger partial charge in [-0.3, -0.25) is 9.80 Å². The maximum Gasteiger partial charge on any atom is 0.124 e.